The second-order valence-electron chi connectivity index (χ2n) is 5.90. The molecule has 2 aliphatic heterocycles. The van der Waals surface area contributed by atoms with Crippen molar-refractivity contribution in [3.8, 4) is 0 Å². The van der Waals surface area contributed by atoms with E-state index in [1.54, 1.807) is 0 Å². The maximum atomic E-state index is 4.75. The number of fused-ring (bicyclic) bond motifs is 1. The van der Waals surface area contributed by atoms with Crippen LogP contribution < -0.4 is 10.2 Å². The first-order valence-corrected chi connectivity index (χ1v) is 6.82. The summed E-state index contributed by atoms with van der Waals surface area (Å²) in [5.74, 6) is 2.93. The third-order valence-corrected chi connectivity index (χ3v) is 4.45. The van der Waals surface area contributed by atoms with E-state index < -0.39 is 0 Å². The van der Waals surface area contributed by atoms with Crippen LogP contribution in [0.3, 0.4) is 0 Å². The van der Waals surface area contributed by atoms with Gasteiger partial charge >= 0.3 is 0 Å². The SMILES string of the molecule is Cc1cn(C2CC2)c(N2CC3CNCC3C2)n1. The van der Waals surface area contributed by atoms with Crippen molar-refractivity contribution in [1.29, 1.82) is 0 Å². The van der Waals surface area contributed by atoms with Crippen molar-refractivity contribution < 1.29 is 0 Å². The smallest absolute Gasteiger partial charge is 0.205 e. The first-order valence-electron chi connectivity index (χ1n) is 6.82. The molecule has 92 valence electrons. The highest BCUT2D eigenvalue weighted by Gasteiger charge is 2.38. The molecule has 1 aliphatic carbocycles. The lowest BCUT2D eigenvalue weighted by Gasteiger charge is -2.19. The van der Waals surface area contributed by atoms with Crippen LogP contribution in [0, 0.1) is 18.8 Å². The van der Waals surface area contributed by atoms with Gasteiger partial charge < -0.3 is 14.8 Å². The number of aryl methyl sites for hydroxylation is 1. The maximum absolute atomic E-state index is 4.75. The van der Waals surface area contributed by atoms with E-state index in [1.165, 1.54) is 50.7 Å². The predicted molar refractivity (Wildman–Crippen MR) is 67.3 cm³/mol. The Kier molecular flexibility index (Phi) is 2.04. The molecule has 4 rings (SSSR count). The molecule has 0 amide bonds. The number of hydrogen-bond donors (Lipinski definition) is 1. The Labute approximate surface area is 102 Å². The van der Waals surface area contributed by atoms with E-state index in [-0.39, 0.29) is 0 Å². The standard InChI is InChI=1S/C13H20N4/c1-9-6-17(12-2-3-12)13(15-9)16-7-10-4-14-5-11(10)8-16/h6,10-12,14H,2-5,7-8H2,1H3. The van der Waals surface area contributed by atoms with Crippen LogP contribution in [0.15, 0.2) is 6.20 Å². The first kappa shape index (κ1) is 9.95. The fourth-order valence-corrected chi connectivity index (χ4v) is 3.38. The van der Waals surface area contributed by atoms with Gasteiger partial charge in [-0.2, -0.15) is 0 Å². The molecule has 4 nitrogen and oxygen atoms in total. The lowest BCUT2D eigenvalue weighted by molar-refractivity contribution is 0.533. The summed E-state index contributed by atoms with van der Waals surface area (Å²) in [7, 11) is 0. The Morgan fingerprint density at radius 2 is 1.94 bits per heavy atom. The summed E-state index contributed by atoms with van der Waals surface area (Å²) in [6.45, 7) is 6.90. The Bertz CT molecular complexity index is 423. The molecule has 0 spiro atoms. The highest BCUT2D eigenvalue weighted by atomic mass is 15.3. The van der Waals surface area contributed by atoms with Gasteiger partial charge in [0.05, 0.1) is 5.69 Å². The molecule has 0 aromatic carbocycles. The highest BCUT2D eigenvalue weighted by Crippen LogP contribution is 2.39. The van der Waals surface area contributed by atoms with Crippen LogP contribution in [-0.4, -0.2) is 35.7 Å². The minimum Gasteiger partial charge on any atom is -0.342 e. The molecule has 3 fully saturated rings. The van der Waals surface area contributed by atoms with Crippen LogP contribution in [0.5, 0.6) is 0 Å². The molecule has 2 saturated heterocycles. The second-order valence-corrected chi connectivity index (χ2v) is 5.90. The van der Waals surface area contributed by atoms with Crippen molar-refractivity contribution in [1.82, 2.24) is 14.9 Å². The molecule has 3 heterocycles. The molecule has 3 aliphatic rings. The summed E-state index contributed by atoms with van der Waals surface area (Å²) < 4.78 is 2.42. The molecule has 0 bridgehead atoms. The van der Waals surface area contributed by atoms with Crippen molar-refractivity contribution >= 4 is 5.95 Å². The molecule has 0 radical (unpaired) electrons. The Balaban J connectivity index is 1.62. The lowest BCUT2D eigenvalue weighted by atomic mass is 10.0. The Morgan fingerprint density at radius 3 is 2.59 bits per heavy atom. The normalized spacial score (nSPS) is 32.2. The number of rotatable bonds is 2. The zero-order valence-corrected chi connectivity index (χ0v) is 10.4. The van der Waals surface area contributed by atoms with Gasteiger partial charge in [0.15, 0.2) is 0 Å². The summed E-state index contributed by atoms with van der Waals surface area (Å²) >= 11 is 0. The summed E-state index contributed by atoms with van der Waals surface area (Å²) in [5.41, 5.74) is 1.17. The largest absolute Gasteiger partial charge is 0.342 e. The Hall–Kier alpha value is -1.03. The third kappa shape index (κ3) is 1.58. The van der Waals surface area contributed by atoms with Gasteiger partial charge in [-0.25, -0.2) is 4.98 Å². The number of nitrogens with zero attached hydrogens (tertiary/aromatic N) is 3. The molecule has 4 heteroatoms. The van der Waals surface area contributed by atoms with Gasteiger partial charge in [0.2, 0.25) is 5.95 Å². The fraction of sp³-hybridized carbons (Fsp3) is 0.769. The van der Waals surface area contributed by atoms with E-state index in [1.807, 2.05) is 0 Å². The van der Waals surface area contributed by atoms with E-state index >= 15 is 0 Å². The molecule has 2 unspecified atom stereocenters. The third-order valence-electron chi connectivity index (χ3n) is 4.45. The Morgan fingerprint density at radius 1 is 1.24 bits per heavy atom. The fourth-order valence-electron chi connectivity index (χ4n) is 3.38. The van der Waals surface area contributed by atoms with Gasteiger partial charge in [0.1, 0.15) is 0 Å². The maximum Gasteiger partial charge on any atom is 0.205 e. The van der Waals surface area contributed by atoms with Crippen LogP contribution in [-0.2, 0) is 0 Å². The highest BCUT2D eigenvalue weighted by molar-refractivity contribution is 5.37. The van der Waals surface area contributed by atoms with Gasteiger partial charge in [-0.15, -0.1) is 0 Å². The number of nitrogens with one attached hydrogen (secondary N) is 1. The van der Waals surface area contributed by atoms with E-state index in [9.17, 15) is 0 Å². The summed E-state index contributed by atoms with van der Waals surface area (Å²) in [4.78, 5) is 7.27. The van der Waals surface area contributed by atoms with Crippen molar-refractivity contribution in [3.05, 3.63) is 11.9 Å². The number of hydrogen-bond acceptors (Lipinski definition) is 3. The molecular weight excluding hydrogens is 212 g/mol. The minimum atomic E-state index is 0.741. The topological polar surface area (TPSA) is 33.1 Å². The minimum absolute atomic E-state index is 0.741. The molecule has 1 saturated carbocycles. The van der Waals surface area contributed by atoms with Gasteiger partial charge in [0.25, 0.3) is 0 Å². The van der Waals surface area contributed by atoms with Gasteiger partial charge in [-0.05, 0) is 31.6 Å². The number of imidazole rings is 1. The van der Waals surface area contributed by atoms with Crippen LogP contribution in [0.1, 0.15) is 24.6 Å². The van der Waals surface area contributed by atoms with Crippen LogP contribution in [0.4, 0.5) is 5.95 Å². The zero-order chi connectivity index (χ0) is 11.4. The van der Waals surface area contributed by atoms with E-state index in [0.29, 0.717) is 0 Å². The van der Waals surface area contributed by atoms with E-state index in [0.717, 1.165) is 17.9 Å². The van der Waals surface area contributed by atoms with Crippen molar-refractivity contribution in [3.63, 3.8) is 0 Å². The molecule has 1 aromatic heterocycles. The average Bonchev–Trinajstić information content (AvgIpc) is 2.74. The monoisotopic (exact) mass is 232 g/mol. The molecule has 1 aromatic rings. The summed E-state index contributed by atoms with van der Waals surface area (Å²) in [6, 6.07) is 0.741. The van der Waals surface area contributed by atoms with Gasteiger partial charge in [-0.1, -0.05) is 0 Å². The number of aromatic nitrogens is 2. The molecule has 17 heavy (non-hydrogen) atoms. The quantitative estimate of drug-likeness (QED) is 0.831. The second kappa shape index (κ2) is 3.48. The lowest BCUT2D eigenvalue weighted by Crippen LogP contribution is -2.27. The first-order chi connectivity index (χ1) is 8.31. The van der Waals surface area contributed by atoms with Crippen molar-refractivity contribution in [2.75, 3.05) is 31.1 Å². The van der Waals surface area contributed by atoms with Crippen LogP contribution in [0.2, 0.25) is 0 Å². The molecule has 2 atom stereocenters. The zero-order valence-electron chi connectivity index (χ0n) is 10.4. The van der Waals surface area contributed by atoms with Crippen LogP contribution >= 0.6 is 0 Å². The van der Waals surface area contributed by atoms with Crippen LogP contribution in [0.25, 0.3) is 0 Å². The number of anilines is 1. The van der Waals surface area contributed by atoms with E-state index in [2.05, 4.69) is 27.9 Å². The van der Waals surface area contributed by atoms with E-state index in [4.69, 9.17) is 4.98 Å². The predicted octanol–water partition coefficient (Wildman–Crippen LogP) is 1.18. The van der Waals surface area contributed by atoms with Gasteiger partial charge in [0, 0.05) is 38.4 Å². The summed E-state index contributed by atoms with van der Waals surface area (Å²) in [5, 5.41) is 3.50. The summed E-state index contributed by atoms with van der Waals surface area (Å²) in [6.07, 6.45) is 4.91. The molecular formula is C13H20N4. The van der Waals surface area contributed by atoms with Gasteiger partial charge in [-0.3, -0.25) is 0 Å². The van der Waals surface area contributed by atoms with Crippen molar-refractivity contribution in [2.24, 2.45) is 11.8 Å². The average molecular weight is 232 g/mol. The van der Waals surface area contributed by atoms with Crippen molar-refractivity contribution in [2.45, 2.75) is 25.8 Å². The molecule has 1 N–H and O–H groups in total.